The molecule has 0 atom stereocenters. The zero-order valence-corrected chi connectivity index (χ0v) is 15.5. The number of hydrogen-bond acceptors (Lipinski definition) is 7. The first-order valence-electron chi connectivity index (χ1n) is 8.54. The third-order valence-corrected chi connectivity index (χ3v) is 3.74. The molecule has 0 aliphatic rings. The summed E-state index contributed by atoms with van der Waals surface area (Å²) in [5, 5.41) is 6.43. The van der Waals surface area contributed by atoms with Gasteiger partial charge in [-0.1, -0.05) is 12.1 Å². The van der Waals surface area contributed by atoms with Crippen molar-refractivity contribution in [1.29, 1.82) is 0 Å². The molecule has 0 amide bonds. The number of nitrogens with one attached hydrogen (secondary N) is 2. The molecule has 1 aromatic heterocycles. The Morgan fingerprint density at radius 2 is 1.70 bits per heavy atom. The van der Waals surface area contributed by atoms with E-state index in [0.29, 0.717) is 29.9 Å². The molecule has 0 aliphatic heterocycles. The Hall–Kier alpha value is -3.48. The molecule has 0 unspecified atom stereocenters. The summed E-state index contributed by atoms with van der Waals surface area (Å²) in [6.45, 7) is 2.54. The first-order chi connectivity index (χ1) is 13.2. The smallest absolute Gasteiger partial charge is 0.229 e. The van der Waals surface area contributed by atoms with Crippen molar-refractivity contribution in [3.8, 4) is 17.2 Å². The van der Waals surface area contributed by atoms with E-state index in [9.17, 15) is 0 Å². The molecule has 3 rings (SSSR count). The predicted molar refractivity (Wildman–Crippen MR) is 106 cm³/mol. The van der Waals surface area contributed by atoms with Crippen molar-refractivity contribution >= 4 is 23.1 Å². The van der Waals surface area contributed by atoms with E-state index in [0.717, 1.165) is 17.1 Å². The minimum Gasteiger partial charge on any atom is -0.493 e. The van der Waals surface area contributed by atoms with Crippen LogP contribution in [0.4, 0.5) is 23.1 Å². The Kier molecular flexibility index (Phi) is 5.94. The maximum absolute atomic E-state index is 5.64. The number of hydrogen-bond donors (Lipinski definition) is 2. The molecular weight excluding hydrogens is 344 g/mol. The van der Waals surface area contributed by atoms with Gasteiger partial charge in [-0.25, -0.2) is 4.98 Å². The molecule has 2 N–H and O–H groups in total. The monoisotopic (exact) mass is 366 g/mol. The molecule has 2 aromatic carbocycles. The Morgan fingerprint density at radius 3 is 2.48 bits per heavy atom. The zero-order valence-electron chi connectivity index (χ0n) is 15.5. The van der Waals surface area contributed by atoms with Gasteiger partial charge in [0.25, 0.3) is 0 Å². The molecule has 3 aromatic rings. The SMILES string of the molecule is CCOc1ccccc1Nc1ccnc(Nc2ccc(OC)c(OC)c2)n1. The lowest BCUT2D eigenvalue weighted by Gasteiger charge is -2.13. The average molecular weight is 366 g/mol. The highest BCUT2D eigenvalue weighted by Crippen LogP contribution is 2.31. The highest BCUT2D eigenvalue weighted by molar-refractivity contribution is 5.65. The van der Waals surface area contributed by atoms with Crippen LogP contribution in [-0.2, 0) is 0 Å². The summed E-state index contributed by atoms with van der Waals surface area (Å²) in [5.74, 6) is 3.17. The number of para-hydroxylation sites is 2. The summed E-state index contributed by atoms with van der Waals surface area (Å²) < 4.78 is 16.2. The van der Waals surface area contributed by atoms with Gasteiger partial charge in [-0.2, -0.15) is 4.98 Å². The van der Waals surface area contributed by atoms with Gasteiger partial charge in [-0.3, -0.25) is 0 Å². The molecular formula is C20H22N4O3. The topological polar surface area (TPSA) is 77.5 Å². The molecule has 1 heterocycles. The number of ether oxygens (including phenoxy) is 3. The predicted octanol–water partition coefficient (Wildman–Crippen LogP) is 4.38. The van der Waals surface area contributed by atoms with E-state index in [1.54, 1.807) is 26.5 Å². The molecule has 27 heavy (non-hydrogen) atoms. The summed E-state index contributed by atoms with van der Waals surface area (Å²) in [6, 6.07) is 15.0. The molecule has 7 heteroatoms. The van der Waals surface area contributed by atoms with E-state index >= 15 is 0 Å². The van der Waals surface area contributed by atoms with E-state index in [4.69, 9.17) is 14.2 Å². The second kappa shape index (κ2) is 8.75. The van der Waals surface area contributed by atoms with Crippen LogP contribution in [0.15, 0.2) is 54.7 Å². The zero-order chi connectivity index (χ0) is 19.1. The molecule has 0 radical (unpaired) electrons. The van der Waals surface area contributed by atoms with Crippen LogP contribution in [0.2, 0.25) is 0 Å². The molecule has 7 nitrogen and oxygen atoms in total. The molecule has 0 fully saturated rings. The van der Waals surface area contributed by atoms with Crippen molar-refractivity contribution in [2.75, 3.05) is 31.5 Å². The number of benzene rings is 2. The highest BCUT2D eigenvalue weighted by atomic mass is 16.5. The highest BCUT2D eigenvalue weighted by Gasteiger charge is 2.08. The Labute approximate surface area is 158 Å². The van der Waals surface area contributed by atoms with Crippen molar-refractivity contribution < 1.29 is 14.2 Å². The van der Waals surface area contributed by atoms with Crippen LogP contribution >= 0.6 is 0 Å². The fourth-order valence-corrected chi connectivity index (χ4v) is 2.52. The number of anilines is 4. The number of rotatable bonds is 8. The Bertz CT molecular complexity index is 902. The van der Waals surface area contributed by atoms with Crippen LogP contribution < -0.4 is 24.8 Å². The van der Waals surface area contributed by atoms with Crippen molar-refractivity contribution in [2.45, 2.75) is 6.92 Å². The van der Waals surface area contributed by atoms with Crippen molar-refractivity contribution in [2.24, 2.45) is 0 Å². The summed E-state index contributed by atoms with van der Waals surface area (Å²) in [6.07, 6.45) is 1.68. The lowest BCUT2D eigenvalue weighted by atomic mass is 10.3. The summed E-state index contributed by atoms with van der Waals surface area (Å²) in [5.41, 5.74) is 1.63. The van der Waals surface area contributed by atoms with Gasteiger partial charge < -0.3 is 24.8 Å². The summed E-state index contributed by atoms with van der Waals surface area (Å²) in [7, 11) is 3.20. The standard InChI is InChI=1S/C20H22N4O3/c1-4-27-16-8-6-5-7-15(16)23-19-11-12-21-20(24-19)22-14-9-10-17(25-2)18(13-14)26-3/h5-13H,4H2,1-3H3,(H2,21,22,23,24). The van der Waals surface area contributed by atoms with E-state index in [2.05, 4.69) is 20.6 Å². The normalized spacial score (nSPS) is 10.2. The maximum Gasteiger partial charge on any atom is 0.229 e. The number of aromatic nitrogens is 2. The van der Waals surface area contributed by atoms with Crippen molar-refractivity contribution in [3.63, 3.8) is 0 Å². The number of nitrogens with zero attached hydrogens (tertiary/aromatic N) is 2. The minimum atomic E-state index is 0.459. The van der Waals surface area contributed by atoms with Gasteiger partial charge in [0, 0.05) is 18.0 Å². The largest absolute Gasteiger partial charge is 0.493 e. The molecule has 0 aliphatic carbocycles. The quantitative estimate of drug-likeness (QED) is 0.612. The lowest BCUT2D eigenvalue weighted by molar-refractivity contribution is 0.342. The van der Waals surface area contributed by atoms with Crippen LogP contribution in [-0.4, -0.2) is 30.8 Å². The number of methoxy groups -OCH3 is 2. The third-order valence-electron chi connectivity index (χ3n) is 3.74. The van der Waals surface area contributed by atoms with Crippen LogP contribution in [0.5, 0.6) is 17.2 Å². The van der Waals surface area contributed by atoms with Crippen LogP contribution in [0, 0.1) is 0 Å². The van der Waals surface area contributed by atoms with E-state index in [1.807, 2.05) is 49.4 Å². The Morgan fingerprint density at radius 1 is 0.889 bits per heavy atom. The maximum atomic E-state index is 5.64. The van der Waals surface area contributed by atoms with Gasteiger partial charge in [0.2, 0.25) is 5.95 Å². The molecule has 0 saturated heterocycles. The first-order valence-corrected chi connectivity index (χ1v) is 8.54. The van der Waals surface area contributed by atoms with Crippen LogP contribution in [0.1, 0.15) is 6.92 Å². The van der Waals surface area contributed by atoms with E-state index in [-0.39, 0.29) is 0 Å². The molecule has 0 bridgehead atoms. The van der Waals surface area contributed by atoms with E-state index < -0.39 is 0 Å². The van der Waals surface area contributed by atoms with Gasteiger partial charge in [-0.15, -0.1) is 0 Å². The third kappa shape index (κ3) is 4.58. The molecule has 0 saturated carbocycles. The summed E-state index contributed by atoms with van der Waals surface area (Å²) in [4.78, 5) is 8.77. The van der Waals surface area contributed by atoms with Gasteiger partial charge in [-0.05, 0) is 37.3 Å². The summed E-state index contributed by atoms with van der Waals surface area (Å²) >= 11 is 0. The van der Waals surface area contributed by atoms with Gasteiger partial charge >= 0.3 is 0 Å². The second-order valence-electron chi connectivity index (χ2n) is 5.51. The average Bonchev–Trinajstić information content (AvgIpc) is 2.70. The molecule has 0 spiro atoms. The van der Waals surface area contributed by atoms with Crippen molar-refractivity contribution in [1.82, 2.24) is 9.97 Å². The Balaban J connectivity index is 1.78. The van der Waals surface area contributed by atoms with Gasteiger partial charge in [0.15, 0.2) is 11.5 Å². The van der Waals surface area contributed by atoms with Gasteiger partial charge in [0.1, 0.15) is 11.6 Å². The first kappa shape index (κ1) is 18.3. The fourth-order valence-electron chi connectivity index (χ4n) is 2.52. The fraction of sp³-hybridized carbons (Fsp3) is 0.200. The minimum absolute atomic E-state index is 0.459. The van der Waals surface area contributed by atoms with Gasteiger partial charge in [0.05, 0.1) is 26.5 Å². The molecule has 140 valence electrons. The van der Waals surface area contributed by atoms with Crippen LogP contribution in [0.3, 0.4) is 0 Å². The lowest BCUT2D eigenvalue weighted by Crippen LogP contribution is -2.02. The van der Waals surface area contributed by atoms with Crippen LogP contribution in [0.25, 0.3) is 0 Å². The van der Waals surface area contributed by atoms with Crippen molar-refractivity contribution in [3.05, 3.63) is 54.7 Å². The van der Waals surface area contributed by atoms with E-state index in [1.165, 1.54) is 0 Å². The second-order valence-corrected chi connectivity index (χ2v) is 5.51.